The summed E-state index contributed by atoms with van der Waals surface area (Å²) in [5, 5.41) is 3.38. The number of Topliss-reactive ketones (excluding diaryl/α,β-unsaturated/α-hetero) is 1. The molecule has 0 radical (unpaired) electrons. The van der Waals surface area contributed by atoms with Crippen molar-refractivity contribution >= 4 is 28.9 Å². The van der Waals surface area contributed by atoms with E-state index in [-0.39, 0.29) is 11.7 Å². The van der Waals surface area contributed by atoms with E-state index in [4.69, 9.17) is 19.4 Å². The summed E-state index contributed by atoms with van der Waals surface area (Å²) in [4.78, 5) is 27.3. The molecule has 35 heavy (non-hydrogen) atoms. The van der Waals surface area contributed by atoms with Gasteiger partial charge < -0.3 is 24.6 Å². The van der Waals surface area contributed by atoms with Crippen molar-refractivity contribution in [1.29, 1.82) is 0 Å². The minimum absolute atomic E-state index is 0.0994. The average molecular weight is 474 g/mol. The van der Waals surface area contributed by atoms with Crippen molar-refractivity contribution in [3.63, 3.8) is 0 Å². The van der Waals surface area contributed by atoms with E-state index in [1.165, 1.54) is 0 Å². The van der Waals surface area contributed by atoms with Crippen LogP contribution in [-0.4, -0.2) is 56.1 Å². The number of rotatable bonds is 6. The van der Waals surface area contributed by atoms with Gasteiger partial charge in [0.2, 0.25) is 5.95 Å². The van der Waals surface area contributed by atoms with Gasteiger partial charge in [0, 0.05) is 38.3 Å². The van der Waals surface area contributed by atoms with Crippen LogP contribution in [0, 0.1) is 5.92 Å². The smallest absolute Gasteiger partial charge is 0.227 e. The van der Waals surface area contributed by atoms with E-state index in [2.05, 4.69) is 28.1 Å². The molecule has 1 atom stereocenters. The number of nitrogens with zero attached hydrogens (tertiary/aromatic N) is 4. The van der Waals surface area contributed by atoms with Gasteiger partial charge in [0.15, 0.2) is 5.78 Å². The van der Waals surface area contributed by atoms with Gasteiger partial charge in [-0.3, -0.25) is 4.79 Å². The normalized spacial score (nSPS) is 17.7. The van der Waals surface area contributed by atoms with Crippen LogP contribution in [0.5, 0.6) is 11.5 Å². The molecule has 182 valence electrons. The number of hydrogen-bond acceptors (Lipinski definition) is 8. The molecule has 1 aromatic heterocycles. The van der Waals surface area contributed by atoms with Gasteiger partial charge in [-0.2, -0.15) is 4.98 Å². The molecule has 0 amide bonds. The van der Waals surface area contributed by atoms with E-state index >= 15 is 0 Å². The second-order valence-corrected chi connectivity index (χ2v) is 9.13. The van der Waals surface area contributed by atoms with Crippen LogP contribution in [0.1, 0.15) is 29.4 Å². The predicted molar refractivity (Wildman–Crippen MR) is 138 cm³/mol. The third-order valence-electron chi connectivity index (χ3n) is 6.67. The molecule has 1 N–H and O–H groups in total. The Morgan fingerprint density at radius 3 is 2.31 bits per heavy atom. The lowest BCUT2D eigenvalue weighted by Crippen LogP contribution is -2.47. The summed E-state index contributed by atoms with van der Waals surface area (Å²) in [6.45, 7) is 5.32. The van der Waals surface area contributed by atoms with Gasteiger partial charge in [0.25, 0.3) is 0 Å². The molecule has 3 aromatic rings. The fraction of sp³-hybridized carbons (Fsp3) is 0.370. The van der Waals surface area contributed by atoms with Gasteiger partial charge >= 0.3 is 0 Å². The molecule has 5 rings (SSSR count). The highest BCUT2D eigenvalue weighted by molar-refractivity contribution is 6.03. The second kappa shape index (κ2) is 9.82. The highest BCUT2D eigenvalue weighted by Gasteiger charge is 2.30. The zero-order chi connectivity index (χ0) is 24.4. The molecule has 8 heteroatoms. The van der Waals surface area contributed by atoms with Gasteiger partial charge in [-0.05, 0) is 48.7 Å². The monoisotopic (exact) mass is 473 g/mol. The number of carbonyl (C=O) groups excluding carboxylic acids is 1. The Balaban J connectivity index is 1.42. The summed E-state index contributed by atoms with van der Waals surface area (Å²) < 4.78 is 10.8. The van der Waals surface area contributed by atoms with E-state index in [1.54, 1.807) is 14.2 Å². The minimum Gasteiger partial charge on any atom is -0.497 e. The highest BCUT2D eigenvalue weighted by Crippen LogP contribution is 2.33. The van der Waals surface area contributed by atoms with E-state index in [1.807, 2.05) is 42.5 Å². The van der Waals surface area contributed by atoms with Crippen LogP contribution in [0.4, 0.5) is 23.1 Å². The van der Waals surface area contributed by atoms with Crippen molar-refractivity contribution in [2.45, 2.75) is 19.8 Å². The number of aromatic nitrogens is 2. The second-order valence-electron chi connectivity index (χ2n) is 9.13. The summed E-state index contributed by atoms with van der Waals surface area (Å²) in [5.41, 5.74) is 3.41. The maximum atomic E-state index is 13.0. The van der Waals surface area contributed by atoms with Crippen molar-refractivity contribution in [2.24, 2.45) is 5.92 Å². The summed E-state index contributed by atoms with van der Waals surface area (Å²) in [7, 11) is 3.35. The maximum absolute atomic E-state index is 13.0. The van der Waals surface area contributed by atoms with Crippen LogP contribution in [-0.2, 0) is 6.42 Å². The molecule has 1 saturated heterocycles. The molecule has 2 heterocycles. The largest absolute Gasteiger partial charge is 0.497 e. The predicted octanol–water partition coefficient (Wildman–Crippen LogP) is 4.33. The van der Waals surface area contributed by atoms with Crippen LogP contribution in [0.15, 0.2) is 48.5 Å². The summed E-state index contributed by atoms with van der Waals surface area (Å²) in [6, 6.07) is 15.7. The number of piperazine rings is 1. The zero-order valence-electron chi connectivity index (χ0n) is 20.5. The Bertz CT molecular complexity index is 1210. The van der Waals surface area contributed by atoms with Crippen LogP contribution in [0.3, 0.4) is 0 Å². The number of anilines is 4. The number of carbonyl (C=O) groups is 1. The molecule has 0 spiro atoms. The number of ether oxygens (including phenoxy) is 2. The third kappa shape index (κ3) is 4.73. The first kappa shape index (κ1) is 23.0. The first-order valence-corrected chi connectivity index (χ1v) is 12.0. The molecule has 0 saturated carbocycles. The van der Waals surface area contributed by atoms with Gasteiger partial charge in [-0.15, -0.1) is 0 Å². The first-order chi connectivity index (χ1) is 17.1. The molecule has 1 fully saturated rings. The lowest BCUT2D eigenvalue weighted by Gasteiger charge is -2.37. The van der Waals surface area contributed by atoms with Crippen molar-refractivity contribution in [2.75, 3.05) is 55.5 Å². The molecule has 8 nitrogen and oxygen atoms in total. The van der Waals surface area contributed by atoms with Gasteiger partial charge in [0.05, 0.1) is 31.2 Å². The molecular weight excluding hydrogens is 442 g/mol. The minimum atomic E-state index is 0.0994. The van der Waals surface area contributed by atoms with Crippen molar-refractivity contribution < 1.29 is 14.3 Å². The molecule has 1 aliphatic heterocycles. The number of fused-ring (bicyclic) bond motifs is 1. The lowest BCUT2D eigenvalue weighted by atomic mass is 9.87. The van der Waals surface area contributed by atoms with Crippen molar-refractivity contribution in [3.05, 3.63) is 59.8 Å². The molecule has 2 aromatic carbocycles. The van der Waals surface area contributed by atoms with Crippen LogP contribution in [0.25, 0.3) is 0 Å². The summed E-state index contributed by atoms with van der Waals surface area (Å²) in [5.74, 6) is 3.28. The topological polar surface area (TPSA) is 79.8 Å². The van der Waals surface area contributed by atoms with Crippen LogP contribution < -0.4 is 24.6 Å². The SMILES string of the molecule is COc1ccc(Nc2nc(N3CCN(c4ccccc4OC)CC3)nc3c2C(=O)CC(C)C3)cc1. The van der Waals surface area contributed by atoms with Gasteiger partial charge in [-0.1, -0.05) is 19.1 Å². The molecule has 2 aliphatic rings. The third-order valence-corrected chi connectivity index (χ3v) is 6.67. The maximum Gasteiger partial charge on any atom is 0.227 e. The lowest BCUT2D eigenvalue weighted by molar-refractivity contribution is 0.0952. The molecule has 1 aliphatic carbocycles. The number of para-hydroxylation sites is 2. The van der Waals surface area contributed by atoms with Gasteiger partial charge in [0.1, 0.15) is 17.3 Å². The molecule has 0 bridgehead atoms. The Morgan fingerprint density at radius 1 is 0.886 bits per heavy atom. The number of benzene rings is 2. The average Bonchev–Trinajstić information content (AvgIpc) is 2.88. The summed E-state index contributed by atoms with van der Waals surface area (Å²) >= 11 is 0. The zero-order valence-corrected chi connectivity index (χ0v) is 20.5. The number of methoxy groups -OCH3 is 2. The number of hydrogen-bond donors (Lipinski definition) is 1. The fourth-order valence-corrected chi connectivity index (χ4v) is 4.84. The number of ketones is 1. The summed E-state index contributed by atoms with van der Waals surface area (Å²) in [6.07, 6.45) is 1.29. The first-order valence-electron chi connectivity index (χ1n) is 12.0. The highest BCUT2D eigenvalue weighted by atomic mass is 16.5. The van der Waals surface area contributed by atoms with E-state index in [9.17, 15) is 4.79 Å². The Kier molecular flexibility index (Phi) is 6.44. The number of nitrogens with one attached hydrogen (secondary N) is 1. The van der Waals surface area contributed by atoms with Crippen molar-refractivity contribution in [3.8, 4) is 11.5 Å². The van der Waals surface area contributed by atoms with E-state index in [0.717, 1.165) is 61.2 Å². The van der Waals surface area contributed by atoms with Crippen LogP contribution in [0.2, 0.25) is 0 Å². The van der Waals surface area contributed by atoms with Gasteiger partial charge in [-0.25, -0.2) is 4.98 Å². The Morgan fingerprint density at radius 2 is 1.60 bits per heavy atom. The van der Waals surface area contributed by atoms with Crippen molar-refractivity contribution in [1.82, 2.24) is 9.97 Å². The van der Waals surface area contributed by atoms with Crippen LogP contribution >= 0.6 is 0 Å². The molecular formula is C27H31N5O3. The Hall–Kier alpha value is -3.81. The quantitative estimate of drug-likeness (QED) is 0.567. The standard InChI is InChI=1S/C27H31N5O3/c1-18-16-21-25(23(33)17-18)26(28-19-8-10-20(34-2)11-9-19)30-27(29-21)32-14-12-31(13-15-32)22-6-4-5-7-24(22)35-3/h4-11,18H,12-17H2,1-3H3,(H,28,29,30). The molecule has 1 unspecified atom stereocenters. The van der Waals surface area contributed by atoms with E-state index < -0.39 is 0 Å². The fourth-order valence-electron chi connectivity index (χ4n) is 4.84. The Labute approximate surface area is 205 Å². The van der Waals surface area contributed by atoms with E-state index in [0.29, 0.717) is 23.8 Å².